The molecule has 4 nitrogen and oxygen atoms in total. The lowest BCUT2D eigenvalue weighted by molar-refractivity contribution is 0.102. The van der Waals surface area contributed by atoms with Crippen LogP contribution in [0.15, 0.2) is 19.7 Å². The minimum absolute atomic E-state index is 0.194. The molecule has 0 aliphatic carbocycles. The van der Waals surface area contributed by atoms with Gasteiger partial charge in [-0.2, -0.15) is 0 Å². The van der Waals surface area contributed by atoms with E-state index in [0.717, 1.165) is 7.57 Å². The highest BCUT2D eigenvalue weighted by atomic mass is 79.9. The molecule has 2 aromatic heterocycles. The van der Waals surface area contributed by atoms with Crippen LogP contribution >= 0.6 is 54.8 Å². The molecule has 2 heterocycles. The molecule has 0 saturated carbocycles. The van der Waals surface area contributed by atoms with Gasteiger partial charge in [-0.15, -0.1) is 11.3 Å². The van der Waals surface area contributed by atoms with Gasteiger partial charge in [0.1, 0.15) is 5.15 Å². The number of aromatic nitrogens is 2. The Morgan fingerprint density at radius 1 is 1.39 bits per heavy atom. The first-order chi connectivity index (χ1) is 8.45. The molecule has 0 radical (unpaired) electrons. The first-order valence-corrected chi connectivity index (χ1v) is 7.51. The highest BCUT2D eigenvalue weighted by Gasteiger charge is 2.15. The van der Waals surface area contributed by atoms with Crippen molar-refractivity contribution in [3.05, 3.63) is 36.1 Å². The molecule has 1 N–H and O–H groups in total. The summed E-state index contributed by atoms with van der Waals surface area (Å²) >= 11 is 13.9. The first-order valence-electron chi connectivity index (χ1n) is 4.73. The van der Waals surface area contributed by atoms with Gasteiger partial charge in [-0.3, -0.25) is 10.1 Å². The lowest BCUT2D eigenvalue weighted by atomic mass is 10.3. The van der Waals surface area contributed by atoms with E-state index in [1.807, 2.05) is 0 Å². The molecule has 0 bridgehead atoms. The van der Waals surface area contributed by atoms with E-state index in [0.29, 0.717) is 16.4 Å². The summed E-state index contributed by atoms with van der Waals surface area (Å²) in [4.78, 5) is 20.0. The van der Waals surface area contributed by atoms with Crippen LogP contribution in [0.4, 0.5) is 5.95 Å². The second-order valence-corrected chi connectivity index (χ2v) is 7.48. The summed E-state index contributed by atoms with van der Waals surface area (Å²) in [6.45, 7) is 1.78. The Morgan fingerprint density at radius 3 is 2.67 bits per heavy atom. The Bertz CT molecular complexity index is 597. The van der Waals surface area contributed by atoms with E-state index < -0.39 is 0 Å². The number of carbonyl (C=O) groups is 1. The minimum Gasteiger partial charge on any atom is -0.290 e. The Hall–Kier alpha value is -0.500. The van der Waals surface area contributed by atoms with Crippen molar-refractivity contribution in [2.24, 2.45) is 0 Å². The molecule has 0 aliphatic heterocycles. The quantitative estimate of drug-likeness (QED) is 0.751. The molecule has 2 rings (SSSR count). The number of anilines is 1. The largest absolute Gasteiger partial charge is 0.290 e. The molecule has 0 saturated heterocycles. The predicted octanol–water partition coefficient (Wildman–Crippen LogP) is 4.28. The van der Waals surface area contributed by atoms with Gasteiger partial charge < -0.3 is 0 Å². The van der Waals surface area contributed by atoms with Gasteiger partial charge in [0.05, 0.1) is 13.1 Å². The van der Waals surface area contributed by atoms with Crippen molar-refractivity contribution in [3.8, 4) is 0 Å². The summed E-state index contributed by atoms with van der Waals surface area (Å²) in [5.41, 5.74) is 1.21. The highest BCUT2D eigenvalue weighted by Crippen LogP contribution is 2.32. The monoisotopic (exact) mass is 409 g/mol. The average Bonchev–Trinajstić information content (AvgIpc) is 2.56. The van der Waals surface area contributed by atoms with E-state index in [1.165, 1.54) is 11.3 Å². The van der Waals surface area contributed by atoms with Gasteiger partial charge in [0.15, 0.2) is 0 Å². The van der Waals surface area contributed by atoms with Crippen LogP contribution in [0.5, 0.6) is 0 Å². The van der Waals surface area contributed by atoms with Gasteiger partial charge >= 0.3 is 0 Å². The van der Waals surface area contributed by atoms with Crippen LogP contribution < -0.4 is 5.32 Å². The van der Waals surface area contributed by atoms with Crippen LogP contribution in [-0.4, -0.2) is 15.9 Å². The van der Waals surface area contributed by atoms with Crippen molar-refractivity contribution in [3.63, 3.8) is 0 Å². The highest BCUT2D eigenvalue weighted by molar-refractivity contribution is 9.12. The molecule has 94 valence electrons. The number of nitrogens with one attached hydrogen (secondary N) is 1. The normalized spacial score (nSPS) is 10.4. The number of hydrogen-bond acceptors (Lipinski definition) is 4. The number of carbonyl (C=O) groups excluding carboxylic acids is 1. The number of nitrogens with zero attached hydrogens (tertiary/aromatic N) is 2. The first kappa shape index (κ1) is 13.9. The second kappa shape index (κ2) is 5.64. The standard InChI is InChI=1S/C10H6Br2ClN3OS/c1-4-2-7(13)15-10(14-4)16-9(17)5-3-6(11)18-8(5)12/h2-3H,1H3,(H,14,15,16,17). The van der Waals surface area contributed by atoms with E-state index in [-0.39, 0.29) is 11.9 Å². The summed E-state index contributed by atoms with van der Waals surface area (Å²) in [6.07, 6.45) is 0. The molecule has 0 aliphatic rings. The van der Waals surface area contributed by atoms with Crippen molar-refractivity contribution in [1.29, 1.82) is 0 Å². The molecule has 2 aromatic rings. The van der Waals surface area contributed by atoms with E-state index in [2.05, 4.69) is 47.1 Å². The molecular formula is C10H6Br2ClN3OS. The van der Waals surface area contributed by atoms with Gasteiger partial charge in [-0.25, -0.2) is 9.97 Å². The summed E-state index contributed by atoms with van der Waals surface area (Å²) in [7, 11) is 0. The number of rotatable bonds is 2. The fourth-order valence-corrected chi connectivity index (χ4v) is 4.28. The summed E-state index contributed by atoms with van der Waals surface area (Å²) in [5, 5.41) is 2.90. The lowest BCUT2D eigenvalue weighted by Gasteiger charge is -2.03. The van der Waals surface area contributed by atoms with E-state index in [4.69, 9.17) is 11.6 Å². The number of hydrogen-bond donors (Lipinski definition) is 1. The Kier molecular flexibility index (Phi) is 4.37. The van der Waals surface area contributed by atoms with Crippen LogP contribution in [0.25, 0.3) is 0 Å². The van der Waals surface area contributed by atoms with E-state index in [1.54, 1.807) is 19.1 Å². The van der Waals surface area contributed by atoms with Gasteiger partial charge in [-0.05, 0) is 50.9 Å². The third kappa shape index (κ3) is 3.28. The van der Waals surface area contributed by atoms with Gasteiger partial charge in [0.2, 0.25) is 5.95 Å². The number of amides is 1. The second-order valence-electron chi connectivity index (χ2n) is 3.35. The predicted molar refractivity (Wildman–Crippen MR) is 79.5 cm³/mol. The van der Waals surface area contributed by atoms with Gasteiger partial charge in [0.25, 0.3) is 5.91 Å². The van der Waals surface area contributed by atoms with Gasteiger partial charge in [0, 0.05) is 5.69 Å². The Labute approximate surface area is 129 Å². The van der Waals surface area contributed by atoms with Crippen LogP contribution in [0.2, 0.25) is 5.15 Å². The SMILES string of the molecule is Cc1cc(Cl)nc(NC(=O)c2cc(Br)sc2Br)n1. The molecule has 1 amide bonds. The number of halogens is 3. The summed E-state index contributed by atoms with van der Waals surface area (Å²) < 4.78 is 1.60. The fourth-order valence-electron chi connectivity index (χ4n) is 1.25. The maximum absolute atomic E-state index is 12.0. The van der Waals surface area contributed by atoms with E-state index >= 15 is 0 Å². The van der Waals surface area contributed by atoms with Crippen LogP contribution in [-0.2, 0) is 0 Å². The Balaban J connectivity index is 2.23. The van der Waals surface area contributed by atoms with Crippen molar-refractivity contribution in [2.75, 3.05) is 5.32 Å². The zero-order valence-corrected chi connectivity index (χ0v) is 13.7. The zero-order valence-electron chi connectivity index (χ0n) is 9.00. The maximum Gasteiger partial charge on any atom is 0.260 e. The van der Waals surface area contributed by atoms with E-state index in [9.17, 15) is 4.79 Å². The van der Waals surface area contributed by atoms with Crippen LogP contribution in [0.3, 0.4) is 0 Å². The van der Waals surface area contributed by atoms with Crippen molar-refractivity contribution in [2.45, 2.75) is 6.92 Å². The minimum atomic E-state index is -0.287. The molecule has 0 aromatic carbocycles. The smallest absolute Gasteiger partial charge is 0.260 e. The van der Waals surface area contributed by atoms with Gasteiger partial charge in [-0.1, -0.05) is 11.6 Å². The zero-order chi connectivity index (χ0) is 13.3. The molecule has 0 fully saturated rings. The maximum atomic E-state index is 12.0. The molecule has 8 heteroatoms. The van der Waals surface area contributed by atoms with Crippen LogP contribution in [0.1, 0.15) is 16.1 Å². The number of aryl methyl sites for hydroxylation is 1. The molecule has 0 spiro atoms. The Morgan fingerprint density at radius 2 is 2.11 bits per heavy atom. The van der Waals surface area contributed by atoms with Crippen molar-refractivity contribution >= 4 is 66.7 Å². The number of thiophene rings is 1. The third-order valence-corrected chi connectivity index (χ3v) is 4.48. The average molecular weight is 412 g/mol. The van der Waals surface area contributed by atoms with Crippen molar-refractivity contribution in [1.82, 2.24) is 9.97 Å². The van der Waals surface area contributed by atoms with Crippen LogP contribution in [0, 0.1) is 6.92 Å². The molecular weight excluding hydrogens is 405 g/mol. The topological polar surface area (TPSA) is 54.9 Å². The lowest BCUT2D eigenvalue weighted by Crippen LogP contribution is -2.14. The summed E-state index contributed by atoms with van der Waals surface area (Å²) in [6, 6.07) is 3.34. The molecule has 0 unspecified atom stereocenters. The summed E-state index contributed by atoms with van der Waals surface area (Å²) in [5.74, 6) is -0.0929. The fraction of sp³-hybridized carbons (Fsp3) is 0.100. The third-order valence-electron chi connectivity index (χ3n) is 1.95. The molecule has 18 heavy (non-hydrogen) atoms. The van der Waals surface area contributed by atoms with Crippen molar-refractivity contribution < 1.29 is 4.79 Å². The molecule has 0 atom stereocenters.